The van der Waals surface area contributed by atoms with Gasteiger partial charge in [-0.3, -0.25) is 0 Å². The third kappa shape index (κ3) is 2.09. The third-order valence-electron chi connectivity index (χ3n) is 5.26. The van der Waals surface area contributed by atoms with Crippen LogP contribution in [0.1, 0.15) is 5.56 Å². The Morgan fingerprint density at radius 3 is 2.40 bits per heavy atom. The molecule has 0 aliphatic heterocycles. The average molecular weight is 321 g/mol. The van der Waals surface area contributed by atoms with Gasteiger partial charge in [-0.25, -0.2) is 0 Å². The molecule has 0 fully saturated rings. The maximum Gasteiger partial charge on any atom is 0.0491 e. The van der Waals surface area contributed by atoms with Gasteiger partial charge in [-0.05, 0) is 52.6 Å². The van der Waals surface area contributed by atoms with Crippen molar-refractivity contribution >= 4 is 32.6 Å². The maximum absolute atomic E-state index is 2.34. The lowest BCUT2D eigenvalue weighted by molar-refractivity contribution is 1.01. The molecule has 0 atom stereocenters. The van der Waals surface area contributed by atoms with Crippen molar-refractivity contribution < 1.29 is 0 Å². The highest BCUT2D eigenvalue weighted by molar-refractivity contribution is 6.10. The van der Waals surface area contributed by atoms with E-state index in [2.05, 4.69) is 97.4 Å². The highest BCUT2D eigenvalue weighted by Crippen LogP contribution is 2.34. The van der Waals surface area contributed by atoms with Crippen molar-refractivity contribution in [1.82, 2.24) is 4.57 Å². The van der Waals surface area contributed by atoms with E-state index in [1.54, 1.807) is 0 Å². The Bertz CT molecular complexity index is 1250. The first kappa shape index (κ1) is 14.3. The van der Waals surface area contributed by atoms with Gasteiger partial charge in [0.1, 0.15) is 0 Å². The summed E-state index contributed by atoms with van der Waals surface area (Å²) in [6.45, 7) is 2.15. The smallest absolute Gasteiger partial charge is 0.0491 e. The molecule has 0 unspecified atom stereocenters. The molecule has 0 aliphatic carbocycles. The second-order valence-electron chi connectivity index (χ2n) is 6.84. The molecule has 25 heavy (non-hydrogen) atoms. The van der Waals surface area contributed by atoms with Crippen molar-refractivity contribution in [1.29, 1.82) is 0 Å². The molecule has 0 aliphatic rings. The number of rotatable bonds is 1. The molecule has 0 saturated carbocycles. The molecule has 1 aromatic heterocycles. The van der Waals surface area contributed by atoms with Gasteiger partial charge in [-0.2, -0.15) is 0 Å². The average Bonchev–Trinajstić information content (AvgIpc) is 2.93. The van der Waals surface area contributed by atoms with Crippen molar-refractivity contribution in [3.63, 3.8) is 0 Å². The van der Waals surface area contributed by atoms with E-state index in [9.17, 15) is 0 Å². The van der Waals surface area contributed by atoms with Crippen LogP contribution in [0.4, 0.5) is 0 Å². The zero-order chi connectivity index (χ0) is 17.0. The first-order valence-electron chi connectivity index (χ1n) is 8.69. The molecule has 4 aromatic carbocycles. The van der Waals surface area contributed by atoms with Crippen molar-refractivity contribution in [3.8, 4) is 11.1 Å². The fraction of sp³-hybridized carbons (Fsp3) is 0.0833. The standard InChI is InChI=1S/C24H19N/c1-16-10-12-21-22-15-18(11-13-23(22)25(2)24(21)14-16)20-9-5-7-17-6-3-4-8-19(17)20/h3-15H,1-2H3. The highest BCUT2D eigenvalue weighted by atomic mass is 14.9. The summed E-state index contributed by atoms with van der Waals surface area (Å²) in [6, 6.07) is 28.7. The minimum Gasteiger partial charge on any atom is -0.344 e. The molecule has 0 saturated heterocycles. The van der Waals surface area contributed by atoms with Gasteiger partial charge >= 0.3 is 0 Å². The van der Waals surface area contributed by atoms with Crippen LogP contribution in [0.2, 0.25) is 0 Å². The van der Waals surface area contributed by atoms with Crippen LogP contribution in [0.25, 0.3) is 43.7 Å². The topological polar surface area (TPSA) is 4.93 Å². The molecule has 5 aromatic rings. The number of hydrogen-bond acceptors (Lipinski definition) is 0. The zero-order valence-corrected chi connectivity index (χ0v) is 14.5. The van der Waals surface area contributed by atoms with E-state index in [4.69, 9.17) is 0 Å². The predicted octanol–water partition coefficient (Wildman–Crippen LogP) is 6.46. The summed E-state index contributed by atoms with van der Waals surface area (Å²) >= 11 is 0. The summed E-state index contributed by atoms with van der Waals surface area (Å²) in [5.41, 5.74) is 6.45. The Labute approximate surface area is 147 Å². The lowest BCUT2D eigenvalue weighted by Gasteiger charge is -2.07. The minimum atomic E-state index is 1.28. The van der Waals surface area contributed by atoms with Crippen LogP contribution in [-0.4, -0.2) is 4.57 Å². The molecule has 1 heterocycles. The second-order valence-corrected chi connectivity index (χ2v) is 6.84. The van der Waals surface area contributed by atoms with E-state index in [0.717, 1.165) is 0 Å². The van der Waals surface area contributed by atoms with Gasteiger partial charge < -0.3 is 4.57 Å². The van der Waals surface area contributed by atoms with Gasteiger partial charge in [0.2, 0.25) is 0 Å². The van der Waals surface area contributed by atoms with Crippen LogP contribution in [-0.2, 0) is 7.05 Å². The molecule has 1 heteroatoms. The maximum atomic E-state index is 2.34. The largest absolute Gasteiger partial charge is 0.344 e. The van der Waals surface area contributed by atoms with Crippen molar-refractivity contribution in [2.75, 3.05) is 0 Å². The number of benzene rings is 4. The molecule has 0 bridgehead atoms. The van der Waals surface area contributed by atoms with Gasteiger partial charge in [0, 0.05) is 28.9 Å². The number of hydrogen-bond donors (Lipinski definition) is 0. The molecule has 5 rings (SSSR count). The van der Waals surface area contributed by atoms with Crippen LogP contribution in [0.5, 0.6) is 0 Å². The van der Waals surface area contributed by atoms with Crippen LogP contribution in [0.15, 0.2) is 78.9 Å². The Balaban J connectivity index is 1.84. The predicted molar refractivity (Wildman–Crippen MR) is 108 cm³/mol. The molecule has 120 valence electrons. The SMILES string of the molecule is Cc1ccc2c3cc(-c4cccc5ccccc45)ccc3n(C)c2c1. The zero-order valence-electron chi connectivity index (χ0n) is 14.5. The number of fused-ring (bicyclic) bond motifs is 4. The van der Waals surface area contributed by atoms with Crippen molar-refractivity contribution in [3.05, 3.63) is 84.4 Å². The lowest BCUT2D eigenvalue weighted by Crippen LogP contribution is -1.87. The number of aryl methyl sites for hydroxylation is 2. The summed E-state index contributed by atoms with van der Waals surface area (Å²) in [5, 5.41) is 5.24. The van der Waals surface area contributed by atoms with Gasteiger partial charge in [0.05, 0.1) is 0 Å². The summed E-state index contributed by atoms with van der Waals surface area (Å²) in [4.78, 5) is 0. The molecular weight excluding hydrogens is 302 g/mol. The lowest BCUT2D eigenvalue weighted by atomic mass is 9.97. The quantitative estimate of drug-likeness (QED) is 0.334. The van der Waals surface area contributed by atoms with Gasteiger partial charge in [-0.15, -0.1) is 0 Å². The summed E-state index contributed by atoms with van der Waals surface area (Å²) in [5.74, 6) is 0. The number of aromatic nitrogens is 1. The molecule has 0 radical (unpaired) electrons. The van der Waals surface area contributed by atoms with Crippen LogP contribution in [0, 0.1) is 6.92 Å². The van der Waals surface area contributed by atoms with Gasteiger partial charge in [0.15, 0.2) is 0 Å². The van der Waals surface area contributed by atoms with Crippen LogP contribution in [0.3, 0.4) is 0 Å². The van der Waals surface area contributed by atoms with Crippen molar-refractivity contribution in [2.24, 2.45) is 7.05 Å². The molecule has 0 spiro atoms. The van der Waals surface area contributed by atoms with Gasteiger partial charge in [0.25, 0.3) is 0 Å². The monoisotopic (exact) mass is 321 g/mol. The second kappa shape index (κ2) is 5.22. The Hall–Kier alpha value is -3.06. The van der Waals surface area contributed by atoms with Crippen molar-refractivity contribution in [2.45, 2.75) is 6.92 Å². The first-order chi connectivity index (χ1) is 12.2. The van der Waals surface area contributed by atoms with E-state index in [1.807, 2.05) is 0 Å². The van der Waals surface area contributed by atoms with Gasteiger partial charge in [-0.1, -0.05) is 60.7 Å². The highest BCUT2D eigenvalue weighted by Gasteiger charge is 2.10. The summed E-state index contributed by atoms with van der Waals surface area (Å²) < 4.78 is 2.30. The van der Waals surface area contributed by atoms with E-state index in [-0.39, 0.29) is 0 Å². The van der Waals surface area contributed by atoms with E-state index < -0.39 is 0 Å². The van der Waals surface area contributed by atoms with Crippen LogP contribution >= 0.6 is 0 Å². The minimum absolute atomic E-state index is 1.28. The van der Waals surface area contributed by atoms with E-state index in [0.29, 0.717) is 0 Å². The third-order valence-corrected chi connectivity index (χ3v) is 5.26. The van der Waals surface area contributed by atoms with E-state index >= 15 is 0 Å². The van der Waals surface area contributed by atoms with E-state index in [1.165, 1.54) is 49.3 Å². The number of nitrogens with zero attached hydrogens (tertiary/aromatic N) is 1. The fourth-order valence-corrected chi connectivity index (χ4v) is 3.97. The van der Waals surface area contributed by atoms with Crippen LogP contribution < -0.4 is 0 Å². The summed E-state index contributed by atoms with van der Waals surface area (Å²) in [7, 11) is 2.15. The molecular formula is C24H19N. The Kier molecular flexibility index (Phi) is 2.98. The molecule has 0 N–H and O–H groups in total. The normalized spacial score (nSPS) is 11.6. The molecule has 1 nitrogen and oxygen atoms in total. The Morgan fingerprint density at radius 2 is 1.48 bits per heavy atom. The fourth-order valence-electron chi connectivity index (χ4n) is 3.97. The summed E-state index contributed by atoms with van der Waals surface area (Å²) in [6.07, 6.45) is 0. The Morgan fingerprint density at radius 1 is 0.640 bits per heavy atom. The molecule has 0 amide bonds. The first-order valence-corrected chi connectivity index (χ1v) is 8.69.